The Morgan fingerprint density at radius 3 is 3.00 bits per heavy atom. The summed E-state index contributed by atoms with van der Waals surface area (Å²) in [4.78, 5) is 7.74. The van der Waals surface area contributed by atoms with Crippen LogP contribution in [0.25, 0.3) is 0 Å². The van der Waals surface area contributed by atoms with Gasteiger partial charge in [0.25, 0.3) is 0 Å². The fraction of sp³-hybridized carbons (Fsp3) is 0.286. The monoisotopic (exact) mass is 294 g/mol. The van der Waals surface area contributed by atoms with Gasteiger partial charge in [-0.15, -0.1) is 0 Å². The van der Waals surface area contributed by atoms with Crippen LogP contribution >= 0.6 is 23.8 Å². The first kappa shape index (κ1) is 12.8. The highest BCUT2D eigenvalue weighted by Gasteiger charge is 2.15. The molecule has 1 aliphatic rings. The third-order valence-corrected chi connectivity index (χ3v) is 4.07. The molecule has 0 saturated heterocycles. The summed E-state index contributed by atoms with van der Waals surface area (Å²) in [5.41, 5.74) is 3.20. The largest absolute Gasteiger partial charge is 0.347 e. The lowest BCUT2D eigenvalue weighted by atomic mass is 10.1. The van der Waals surface area contributed by atoms with Crippen LogP contribution in [-0.4, -0.2) is 9.97 Å². The Morgan fingerprint density at radius 2 is 2.21 bits per heavy atom. The summed E-state index contributed by atoms with van der Waals surface area (Å²) in [5.74, 6) is 0.461. The minimum absolute atomic E-state index is 0.330. The van der Waals surface area contributed by atoms with Gasteiger partial charge in [0.15, 0.2) is 0 Å². The summed E-state index contributed by atoms with van der Waals surface area (Å²) in [7, 11) is 0. The maximum atomic E-state index is 13.0. The summed E-state index contributed by atoms with van der Waals surface area (Å²) in [6.45, 7) is 0. The summed E-state index contributed by atoms with van der Waals surface area (Å²) < 4.78 is 13.7. The number of nitrogens with zero attached hydrogens (tertiary/aromatic N) is 1. The number of aromatic amines is 1. The van der Waals surface area contributed by atoms with E-state index in [2.05, 4.69) is 9.97 Å². The molecule has 1 aromatic heterocycles. The molecule has 0 radical (unpaired) electrons. The summed E-state index contributed by atoms with van der Waals surface area (Å²) in [6, 6.07) is 4.41. The van der Waals surface area contributed by atoms with Crippen molar-refractivity contribution in [3.8, 4) is 0 Å². The molecule has 1 N–H and O–H groups in total. The molecule has 0 saturated carbocycles. The summed E-state index contributed by atoms with van der Waals surface area (Å²) in [5, 5.41) is 0.418. The van der Waals surface area contributed by atoms with Crippen LogP contribution in [0.2, 0.25) is 5.02 Å². The molecule has 2 nitrogen and oxygen atoms in total. The predicted octanol–water partition coefficient (Wildman–Crippen LogP) is 4.01. The van der Waals surface area contributed by atoms with Crippen molar-refractivity contribution in [3.05, 3.63) is 56.3 Å². The van der Waals surface area contributed by atoms with Crippen molar-refractivity contribution < 1.29 is 4.39 Å². The molecule has 1 aromatic carbocycles. The topological polar surface area (TPSA) is 28.7 Å². The molecule has 3 rings (SSSR count). The minimum Gasteiger partial charge on any atom is -0.347 e. The Bertz CT molecular complexity index is 696. The van der Waals surface area contributed by atoms with E-state index in [9.17, 15) is 4.39 Å². The van der Waals surface area contributed by atoms with E-state index in [-0.39, 0.29) is 5.82 Å². The van der Waals surface area contributed by atoms with Crippen molar-refractivity contribution in [1.29, 1.82) is 0 Å². The summed E-state index contributed by atoms with van der Waals surface area (Å²) >= 11 is 11.3. The van der Waals surface area contributed by atoms with E-state index in [0.29, 0.717) is 16.1 Å². The van der Waals surface area contributed by atoms with Gasteiger partial charge in [-0.3, -0.25) is 0 Å². The normalized spacial score (nSPS) is 13.6. The Kier molecular flexibility index (Phi) is 3.37. The first-order valence-electron chi connectivity index (χ1n) is 6.18. The molecule has 0 bridgehead atoms. The van der Waals surface area contributed by atoms with Crippen molar-refractivity contribution in [2.45, 2.75) is 25.7 Å². The maximum Gasteiger partial charge on any atom is 0.133 e. The van der Waals surface area contributed by atoms with Crippen LogP contribution < -0.4 is 0 Å². The van der Waals surface area contributed by atoms with E-state index < -0.39 is 0 Å². The number of nitrogens with one attached hydrogen (secondary N) is 1. The van der Waals surface area contributed by atoms with Gasteiger partial charge in [-0.1, -0.05) is 29.9 Å². The molecule has 5 heteroatoms. The second kappa shape index (κ2) is 5.02. The summed E-state index contributed by atoms with van der Waals surface area (Å²) in [6.07, 6.45) is 3.69. The van der Waals surface area contributed by atoms with Gasteiger partial charge in [0, 0.05) is 22.7 Å². The van der Waals surface area contributed by atoms with E-state index in [0.717, 1.165) is 30.7 Å². The van der Waals surface area contributed by atoms with Crippen LogP contribution in [-0.2, 0) is 19.3 Å². The van der Waals surface area contributed by atoms with E-state index in [1.165, 1.54) is 23.4 Å². The highest BCUT2D eigenvalue weighted by atomic mass is 35.5. The highest BCUT2D eigenvalue weighted by molar-refractivity contribution is 7.71. The number of fused-ring (bicyclic) bond motifs is 1. The molecule has 1 heterocycles. The molecule has 19 heavy (non-hydrogen) atoms. The second-order valence-corrected chi connectivity index (χ2v) is 5.51. The van der Waals surface area contributed by atoms with Crippen molar-refractivity contribution >= 4 is 23.8 Å². The fourth-order valence-corrected chi connectivity index (χ4v) is 3.01. The predicted molar refractivity (Wildman–Crippen MR) is 75.7 cm³/mol. The molecule has 0 atom stereocenters. The van der Waals surface area contributed by atoms with E-state index in [1.807, 2.05) is 0 Å². The number of hydrogen-bond donors (Lipinski definition) is 1. The molecule has 0 unspecified atom stereocenters. The lowest BCUT2D eigenvalue weighted by molar-refractivity contribution is 0.627. The number of aryl methyl sites for hydroxylation is 1. The van der Waals surface area contributed by atoms with Crippen molar-refractivity contribution in [1.82, 2.24) is 9.97 Å². The average molecular weight is 295 g/mol. The van der Waals surface area contributed by atoms with Crippen molar-refractivity contribution in [2.75, 3.05) is 0 Å². The standard InChI is InChI=1S/C14H12ClFN2S/c15-11-7-9(16)5-4-8(11)6-13-17-12-3-1-2-10(12)14(19)18-13/h4-5,7H,1-3,6H2,(H,17,18,19). The maximum absolute atomic E-state index is 13.0. The molecule has 0 aliphatic heterocycles. The molecule has 0 amide bonds. The van der Waals surface area contributed by atoms with E-state index >= 15 is 0 Å². The second-order valence-electron chi connectivity index (χ2n) is 4.71. The lowest BCUT2D eigenvalue weighted by Gasteiger charge is -2.07. The Morgan fingerprint density at radius 1 is 1.37 bits per heavy atom. The van der Waals surface area contributed by atoms with Gasteiger partial charge in [-0.25, -0.2) is 9.37 Å². The van der Waals surface area contributed by atoms with Gasteiger partial charge >= 0.3 is 0 Å². The van der Waals surface area contributed by atoms with Crippen molar-refractivity contribution in [2.24, 2.45) is 0 Å². The van der Waals surface area contributed by atoms with Crippen LogP contribution in [0.15, 0.2) is 18.2 Å². The van der Waals surface area contributed by atoms with Crippen LogP contribution in [0.4, 0.5) is 4.39 Å². The third kappa shape index (κ3) is 2.55. The average Bonchev–Trinajstić information content (AvgIpc) is 2.81. The molecule has 2 aromatic rings. The van der Waals surface area contributed by atoms with Gasteiger partial charge < -0.3 is 4.98 Å². The van der Waals surface area contributed by atoms with Crippen molar-refractivity contribution in [3.63, 3.8) is 0 Å². The SMILES string of the molecule is Fc1ccc(Cc2nc(=S)c3c([nH]2)CCC3)c(Cl)c1. The van der Waals surface area contributed by atoms with Gasteiger partial charge in [-0.2, -0.15) is 0 Å². The number of aromatic nitrogens is 2. The molecule has 98 valence electrons. The molecule has 1 aliphatic carbocycles. The Balaban J connectivity index is 1.96. The van der Waals surface area contributed by atoms with Crippen LogP contribution in [0.1, 0.15) is 29.1 Å². The molecule has 0 spiro atoms. The Hall–Kier alpha value is -1.26. The smallest absolute Gasteiger partial charge is 0.133 e. The number of rotatable bonds is 2. The molecular weight excluding hydrogens is 283 g/mol. The molecule has 0 fully saturated rings. The quantitative estimate of drug-likeness (QED) is 0.848. The fourth-order valence-electron chi connectivity index (χ4n) is 2.44. The highest BCUT2D eigenvalue weighted by Crippen LogP contribution is 2.23. The van der Waals surface area contributed by atoms with Gasteiger partial charge in [-0.05, 0) is 37.0 Å². The number of benzene rings is 1. The zero-order valence-corrected chi connectivity index (χ0v) is 11.7. The first-order chi connectivity index (χ1) is 9.13. The lowest BCUT2D eigenvalue weighted by Crippen LogP contribution is -2.02. The van der Waals surface area contributed by atoms with Gasteiger partial charge in [0.05, 0.1) is 0 Å². The molecular formula is C14H12ClFN2S. The third-order valence-electron chi connectivity index (χ3n) is 3.38. The number of hydrogen-bond acceptors (Lipinski definition) is 2. The van der Waals surface area contributed by atoms with E-state index in [1.54, 1.807) is 6.07 Å². The van der Waals surface area contributed by atoms with Crippen LogP contribution in [0.5, 0.6) is 0 Å². The van der Waals surface area contributed by atoms with Crippen LogP contribution in [0, 0.1) is 10.5 Å². The van der Waals surface area contributed by atoms with E-state index in [4.69, 9.17) is 23.8 Å². The zero-order chi connectivity index (χ0) is 13.4. The van der Waals surface area contributed by atoms with Gasteiger partial charge in [0.2, 0.25) is 0 Å². The number of halogens is 2. The zero-order valence-electron chi connectivity index (χ0n) is 10.2. The van der Waals surface area contributed by atoms with Gasteiger partial charge in [0.1, 0.15) is 16.3 Å². The van der Waals surface area contributed by atoms with Crippen LogP contribution in [0.3, 0.4) is 0 Å². The Labute approximate surface area is 120 Å². The number of H-pyrrole nitrogens is 1. The minimum atomic E-state index is -0.330. The first-order valence-corrected chi connectivity index (χ1v) is 6.97.